The zero-order valence-electron chi connectivity index (χ0n) is 14.4. The average molecular weight is 430 g/mol. The van der Waals surface area contributed by atoms with E-state index in [9.17, 15) is 14.0 Å². The Morgan fingerprint density at radius 3 is 2.15 bits per heavy atom. The quantitative estimate of drug-likeness (QED) is 0.687. The van der Waals surface area contributed by atoms with Crippen molar-refractivity contribution in [2.75, 3.05) is 18.0 Å². The van der Waals surface area contributed by atoms with Gasteiger partial charge in [-0.25, -0.2) is 19.3 Å². The van der Waals surface area contributed by atoms with Crippen molar-refractivity contribution in [3.8, 4) is 0 Å². The number of hydrazine groups is 1. The summed E-state index contributed by atoms with van der Waals surface area (Å²) in [4.78, 5) is 27.9. The number of amides is 2. The summed E-state index contributed by atoms with van der Waals surface area (Å²) in [6.07, 6.45) is 0.945. The minimum absolute atomic E-state index is 0.177. The lowest BCUT2D eigenvalue weighted by molar-refractivity contribution is -0.126. The number of halogens is 2. The molecule has 2 aromatic rings. The minimum Gasteiger partial charge on any atom is -0.274 e. The van der Waals surface area contributed by atoms with Crippen molar-refractivity contribution in [3.63, 3.8) is 0 Å². The van der Waals surface area contributed by atoms with Crippen molar-refractivity contribution in [3.05, 3.63) is 64.4 Å². The fourth-order valence-electron chi connectivity index (χ4n) is 4.62. The van der Waals surface area contributed by atoms with Crippen LogP contribution >= 0.6 is 15.9 Å². The van der Waals surface area contributed by atoms with Gasteiger partial charge in [-0.3, -0.25) is 9.59 Å². The number of nitrogens with zero attached hydrogens (tertiary/aromatic N) is 3. The van der Waals surface area contributed by atoms with Crippen LogP contribution in [0.4, 0.5) is 10.1 Å². The van der Waals surface area contributed by atoms with E-state index in [1.807, 2.05) is 17.1 Å². The molecule has 0 unspecified atom stereocenters. The predicted molar refractivity (Wildman–Crippen MR) is 101 cm³/mol. The Bertz CT molecular complexity index is 918. The van der Waals surface area contributed by atoms with Gasteiger partial charge in [0.05, 0.1) is 17.6 Å². The van der Waals surface area contributed by atoms with Crippen LogP contribution in [0.3, 0.4) is 0 Å². The molecule has 7 heteroatoms. The summed E-state index contributed by atoms with van der Waals surface area (Å²) in [6.45, 7) is 1.56. The molecule has 0 spiro atoms. The van der Waals surface area contributed by atoms with Gasteiger partial charge in [0.25, 0.3) is 5.91 Å². The molecule has 138 valence electrons. The number of hydrogen-bond acceptors (Lipinski definition) is 4. The SMILES string of the molecule is O=C1[C@@H]2[C@@H](C(=O)N1c1ccc(Br)cc1)N1CCCN1[C@@H]2c1ccc(F)cc1. The van der Waals surface area contributed by atoms with E-state index in [0.717, 1.165) is 29.5 Å². The van der Waals surface area contributed by atoms with Gasteiger partial charge in [-0.05, 0) is 48.4 Å². The van der Waals surface area contributed by atoms with E-state index in [0.29, 0.717) is 5.69 Å². The number of hydrogen-bond donors (Lipinski definition) is 0. The number of imide groups is 1. The van der Waals surface area contributed by atoms with E-state index in [4.69, 9.17) is 0 Å². The first-order chi connectivity index (χ1) is 13.1. The van der Waals surface area contributed by atoms with Gasteiger partial charge in [0.1, 0.15) is 11.9 Å². The van der Waals surface area contributed by atoms with E-state index in [-0.39, 0.29) is 23.7 Å². The van der Waals surface area contributed by atoms with Gasteiger partial charge in [-0.1, -0.05) is 28.1 Å². The fraction of sp³-hybridized carbons (Fsp3) is 0.300. The highest BCUT2D eigenvalue weighted by atomic mass is 79.9. The number of rotatable bonds is 2. The van der Waals surface area contributed by atoms with Crippen LogP contribution in [-0.4, -0.2) is 41.0 Å². The molecule has 0 N–H and O–H groups in total. The van der Waals surface area contributed by atoms with Crippen molar-refractivity contribution in [1.82, 2.24) is 10.0 Å². The molecule has 3 aliphatic rings. The second kappa shape index (κ2) is 6.22. The Kier molecular flexibility index (Phi) is 3.93. The molecule has 5 nitrogen and oxygen atoms in total. The molecule has 3 saturated heterocycles. The number of benzene rings is 2. The van der Waals surface area contributed by atoms with E-state index in [1.165, 1.54) is 17.0 Å². The van der Waals surface area contributed by atoms with Gasteiger partial charge in [0.2, 0.25) is 5.91 Å². The van der Waals surface area contributed by atoms with Gasteiger partial charge >= 0.3 is 0 Å². The first kappa shape index (κ1) is 17.0. The lowest BCUT2D eigenvalue weighted by Gasteiger charge is -2.29. The highest BCUT2D eigenvalue weighted by molar-refractivity contribution is 9.10. The molecule has 2 aromatic carbocycles. The van der Waals surface area contributed by atoms with Crippen LogP contribution in [-0.2, 0) is 9.59 Å². The van der Waals surface area contributed by atoms with Crippen molar-refractivity contribution < 1.29 is 14.0 Å². The number of anilines is 1. The summed E-state index contributed by atoms with van der Waals surface area (Å²) in [5, 5.41) is 4.16. The Labute approximate surface area is 164 Å². The molecule has 3 atom stereocenters. The summed E-state index contributed by atoms with van der Waals surface area (Å²) in [5.74, 6) is -1.15. The second-order valence-corrected chi connectivity index (χ2v) is 8.05. The smallest absolute Gasteiger partial charge is 0.253 e. The lowest BCUT2D eigenvalue weighted by atomic mass is 9.90. The van der Waals surface area contributed by atoms with Crippen molar-refractivity contribution in [2.24, 2.45) is 5.92 Å². The Balaban J connectivity index is 1.57. The first-order valence-corrected chi connectivity index (χ1v) is 9.77. The molecule has 0 saturated carbocycles. The van der Waals surface area contributed by atoms with E-state index in [2.05, 4.69) is 20.9 Å². The van der Waals surface area contributed by atoms with Crippen LogP contribution in [0.1, 0.15) is 18.0 Å². The van der Waals surface area contributed by atoms with Gasteiger partial charge in [-0.15, -0.1) is 0 Å². The summed E-state index contributed by atoms with van der Waals surface area (Å²) >= 11 is 3.38. The number of carbonyl (C=O) groups is 2. The zero-order valence-corrected chi connectivity index (χ0v) is 16.0. The topological polar surface area (TPSA) is 43.9 Å². The maximum absolute atomic E-state index is 13.4. The molecule has 0 bridgehead atoms. The van der Waals surface area contributed by atoms with Crippen LogP contribution in [0.15, 0.2) is 53.0 Å². The largest absolute Gasteiger partial charge is 0.274 e. The molecule has 5 rings (SSSR count). The zero-order chi connectivity index (χ0) is 18.7. The molecule has 27 heavy (non-hydrogen) atoms. The molecule has 3 aliphatic heterocycles. The third kappa shape index (κ3) is 2.49. The van der Waals surface area contributed by atoms with E-state index >= 15 is 0 Å². The Hall–Kier alpha value is -2.09. The predicted octanol–water partition coefficient (Wildman–Crippen LogP) is 3.12. The molecule has 0 aliphatic carbocycles. The fourth-order valence-corrected chi connectivity index (χ4v) is 4.88. The van der Waals surface area contributed by atoms with Gasteiger partial charge in [0.15, 0.2) is 0 Å². The molecular formula is C20H17BrFN3O2. The average Bonchev–Trinajstić information content (AvgIpc) is 3.30. The van der Waals surface area contributed by atoms with Gasteiger partial charge in [-0.2, -0.15) is 0 Å². The van der Waals surface area contributed by atoms with Crippen molar-refractivity contribution in [2.45, 2.75) is 18.5 Å². The molecule has 0 radical (unpaired) electrons. The summed E-state index contributed by atoms with van der Waals surface area (Å²) < 4.78 is 14.3. The normalized spacial score (nSPS) is 28.1. The first-order valence-electron chi connectivity index (χ1n) is 8.98. The third-order valence-corrected chi connectivity index (χ3v) is 6.23. The van der Waals surface area contributed by atoms with Crippen LogP contribution in [0.25, 0.3) is 0 Å². The van der Waals surface area contributed by atoms with Crippen LogP contribution in [0.2, 0.25) is 0 Å². The summed E-state index contributed by atoms with van der Waals surface area (Å²) in [7, 11) is 0. The molecule has 0 aromatic heterocycles. The van der Waals surface area contributed by atoms with Gasteiger partial charge < -0.3 is 0 Å². The van der Waals surface area contributed by atoms with E-state index in [1.54, 1.807) is 24.3 Å². The van der Waals surface area contributed by atoms with Crippen LogP contribution in [0.5, 0.6) is 0 Å². The lowest BCUT2D eigenvalue weighted by Crippen LogP contribution is -2.44. The minimum atomic E-state index is -0.487. The highest BCUT2D eigenvalue weighted by Gasteiger charge is 2.62. The Morgan fingerprint density at radius 1 is 0.852 bits per heavy atom. The molecule has 3 heterocycles. The van der Waals surface area contributed by atoms with Gasteiger partial charge in [0, 0.05) is 17.6 Å². The van der Waals surface area contributed by atoms with Crippen LogP contribution in [0, 0.1) is 11.7 Å². The maximum Gasteiger partial charge on any atom is 0.253 e. The van der Waals surface area contributed by atoms with Crippen LogP contribution < -0.4 is 4.90 Å². The van der Waals surface area contributed by atoms with Crippen molar-refractivity contribution in [1.29, 1.82) is 0 Å². The maximum atomic E-state index is 13.4. The third-order valence-electron chi connectivity index (χ3n) is 5.70. The molecular weight excluding hydrogens is 413 g/mol. The molecule has 2 amide bonds. The van der Waals surface area contributed by atoms with E-state index < -0.39 is 12.0 Å². The Morgan fingerprint density at radius 2 is 1.48 bits per heavy atom. The number of carbonyl (C=O) groups excluding carboxylic acids is 2. The van der Waals surface area contributed by atoms with Crippen molar-refractivity contribution >= 4 is 33.4 Å². The summed E-state index contributed by atoms with van der Waals surface area (Å²) in [6, 6.07) is 12.7. The summed E-state index contributed by atoms with van der Waals surface area (Å²) in [5.41, 5.74) is 1.46. The number of fused-ring (bicyclic) bond motifs is 3. The standard InChI is InChI=1S/C20H17BrFN3O2/c21-13-4-8-15(9-5-13)25-19(26)16-17(12-2-6-14(22)7-3-12)23-10-1-11-24(23)18(16)20(25)27/h2-9,16-18H,1,10-11H2/t16-,17+,18-/m0/s1. The second-order valence-electron chi connectivity index (χ2n) is 7.14. The monoisotopic (exact) mass is 429 g/mol. The molecule has 3 fully saturated rings. The highest BCUT2D eigenvalue weighted by Crippen LogP contribution is 2.48.